The Morgan fingerprint density at radius 1 is 1.07 bits per heavy atom. The van der Waals surface area contributed by atoms with Crippen LogP contribution in [-0.4, -0.2) is 32.9 Å². The van der Waals surface area contributed by atoms with Crippen molar-refractivity contribution in [2.24, 2.45) is 5.92 Å². The van der Waals surface area contributed by atoms with Crippen molar-refractivity contribution in [1.82, 2.24) is 4.31 Å². The molecule has 0 saturated carbocycles. The Labute approximate surface area is 163 Å². The van der Waals surface area contributed by atoms with Gasteiger partial charge in [-0.05, 0) is 60.4 Å². The Bertz CT molecular complexity index is 854. The third kappa shape index (κ3) is 4.53. The second-order valence-corrected chi connectivity index (χ2v) is 9.53. The van der Waals surface area contributed by atoms with Gasteiger partial charge in [-0.2, -0.15) is 4.31 Å². The SMILES string of the molecule is COc1ccc(S(=O)(=O)N2CCC(Cc3ccccc3)CC2)cc1C(C)C. The topological polar surface area (TPSA) is 46.6 Å². The second-order valence-electron chi connectivity index (χ2n) is 7.60. The van der Waals surface area contributed by atoms with Gasteiger partial charge in [-0.1, -0.05) is 44.2 Å². The first kappa shape index (κ1) is 19.9. The van der Waals surface area contributed by atoms with Crippen LogP contribution in [0.1, 0.15) is 43.7 Å². The van der Waals surface area contributed by atoms with Crippen LogP contribution in [0.5, 0.6) is 5.75 Å². The quantitative estimate of drug-likeness (QED) is 0.735. The molecule has 1 aliphatic heterocycles. The summed E-state index contributed by atoms with van der Waals surface area (Å²) in [4.78, 5) is 0.369. The van der Waals surface area contributed by atoms with E-state index in [1.807, 2.05) is 19.9 Å². The Balaban J connectivity index is 1.71. The van der Waals surface area contributed by atoms with Gasteiger partial charge >= 0.3 is 0 Å². The van der Waals surface area contributed by atoms with Gasteiger partial charge in [-0.3, -0.25) is 0 Å². The van der Waals surface area contributed by atoms with Gasteiger partial charge in [0.25, 0.3) is 0 Å². The van der Waals surface area contributed by atoms with Gasteiger partial charge in [0.05, 0.1) is 12.0 Å². The number of methoxy groups -OCH3 is 1. The summed E-state index contributed by atoms with van der Waals surface area (Å²) < 4.78 is 33.2. The van der Waals surface area contributed by atoms with Crippen molar-refractivity contribution in [1.29, 1.82) is 0 Å². The minimum Gasteiger partial charge on any atom is -0.496 e. The molecule has 4 nitrogen and oxygen atoms in total. The first-order valence-corrected chi connectivity index (χ1v) is 11.1. The summed E-state index contributed by atoms with van der Waals surface area (Å²) in [6.07, 6.45) is 2.83. The molecule has 1 aliphatic rings. The first-order valence-electron chi connectivity index (χ1n) is 9.64. The van der Waals surface area contributed by atoms with Gasteiger partial charge < -0.3 is 4.74 Å². The van der Waals surface area contributed by atoms with Crippen molar-refractivity contribution in [2.75, 3.05) is 20.2 Å². The summed E-state index contributed by atoms with van der Waals surface area (Å²) in [5.74, 6) is 1.48. The minimum atomic E-state index is -3.46. The van der Waals surface area contributed by atoms with Crippen LogP contribution in [0.4, 0.5) is 0 Å². The molecule has 146 valence electrons. The zero-order valence-corrected chi connectivity index (χ0v) is 17.2. The van der Waals surface area contributed by atoms with Gasteiger partial charge in [0.15, 0.2) is 0 Å². The largest absolute Gasteiger partial charge is 0.496 e. The van der Waals surface area contributed by atoms with Crippen LogP contribution in [0.2, 0.25) is 0 Å². The normalized spacial score (nSPS) is 16.6. The summed E-state index contributed by atoms with van der Waals surface area (Å²) >= 11 is 0. The zero-order chi connectivity index (χ0) is 19.4. The fourth-order valence-corrected chi connectivity index (χ4v) is 5.28. The van der Waals surface area contributed by atoms with Gasteiger partial charge in [0.1, 0.15) is 5.75 Å². The molecular weight excluding hydrogens is 358 g/mol. The molecule has 5 heteroatoms. The van der Waals surface area contributed by atoms with E-state index >= 15 is 0 Å². The van der Waals surface area contributed by atoms with E-state index in [2.05, 4.69) is 24.3 Å². The Kier molecular flexibility index (Phi) is 6.22. The molecule has 0 N–H and O–H groups in total. The monoisotopic (exact) mass is 387 g/mol. The maximum atomic E-state index is 13.1. The highest BCUT2D eigenvalue weighted by Gasteiger charge is 2.30. The molecule has 27 heavy (non-hydrogen) atoms. The molecule has 1 fully saturated rings. The van der Waals surface area contributed by atoms with Crippen LogP contribution < -0.4 is 4.74 Å². The van der Waals surface area contributed by atoms with Crippen LogP contribution in [0.3, 0.4) is 0 Å². The third-order valence-corrected chi connectivity index (χ3v) is 7.30. The average Bonchev–Trinajstić information content (AvgIpc) is 2.68. The first-order chi connectivity index (χ1) is 12.9. The van der Waals surface area contributed by atoms with E-state index in [4.69, 9.17) is 4.74 Å². The van der Waals surface area contributed by atoms with Crippen molar-refractivity contribution in [2.45, 2.75) is 43.9 Å². The van der Waals surface area contributed by atoms with E-state index in [0.29, 0.717) is 23.9 Å². The highest BCUT2D eigenvalue weighted by atomic mass is 32.2. The van der Waals surface area contributed by atoms with E-state index in [1.54, 1.807) is 29.6 Å². The highest BCUT2D eigenvalue weighted by molar-refractivity contribution is 7.89. The smallest absolute Gasteiger partial charge is 0.243 e. The average molecular weight is 388 g/mol. The van der Waals surface area contributed by atoms with Gasteiger partial charge in [0, 0.05) is 13.1 Å². The molecule has 0 spiro atoms. The maximum absolute atomic E-state index is 13.1. The molecule has 0 amide bonds. The number of rotatable bonds is 6. The molecule has 1 heterocycles. The lowest BCUT2D eigenvalue weighted by molar-refractivity contribution is 0.273. The zero-order valence-electron chi connectivity index (χ0n) is 16.4. The van der Waals surface area contributed by atoms with Crippen molar-refractivity contribution in [3.63, 3.8) is 0 Å². The lowest BCUT2D eigenvalue weighted by Crippen LogP contribution is -2.38. The summed E-state index contributed by atoms with van der Waals surface area (Å²) in [6.45, 7) is 5.26. The number of ether oxygens (including phenoxy) is 1. The van der Waals surface area contributed by atoms with Crippen LogP contribution in [0, 0.1) is 5.92 Å². The minimum absolute atomic E-state index is 0.201. The number of benzene rings is 2. The van der Waals surface area contributed by atoms with Crippen LogP contribution >= 0.6 is 0 Å². The lowest BCUT2D eigenvalue weighted by atomic mass is 9.91. The summed E-state index contributed by atoms with van der Waals surface area (Å²) in [6, 6.07) is 15.6. The molecule has 2 aromatic rings. The van der Waals surface area contributed by atoms with Crippen molar-refractivity contribution >= 4 is 10.0 Å². The number of hydrogen-bond donors (Lipinski definition) is 0. The van der Waals surface area contributed by atoms with E-state index in [-0.39, 0.29) is 5.92 Å². The Morgan fingerprint density at radius 3 is 2.33 bits per heavy atom. The number of sulfonamides is 1. The Hall–Kier alpha value is -1.85. The van der Waals surface area contributed by atoms with Crippen LogP contribution in [-0.2, 0) is 16.4 Å². The molecule has 0 aliphatic carbocycles. The summed E-state index contributed by atoms with van der Waals surface area (Å²) in [5.41, 5.74) is 2.26. The molecule has 3 rings (SSSR count). The van der Waals surface area contributed by atoms with Crippen molar-refractivity contribution in [3.05, 3.63) is 59.7 Å². The number of hydrogen-bond acceptors (Lipinski definition) is 3. The fraction of sp³-hybridized carbons (Fsp3) is 0.455. The van der Waals surface area contributed by atoms with Gasteiger partial charge in [-0.25, -0.2) is 8.42 Å². The Morgan fingerprint density at radius 2 is 1.74 bits per heavy atom. The van der Waals surface area contributed by atoms with Crippen molar-refractivity contribution in [3.8, 4) is 5.75 Å². The van der Waals surface area contributed by atoms with Gasteiger partial charge in [0.2, 0.25) is 10.0 Å². The molecule has 0 atom stereocenters. The van der Waals surface area contributed by atoms with Crippen LogP contribution in [0.25, 0.3) is 0 Å². The predicted molar refractivity (Wildman–Crippen MR) is 109 cm³/mol. The van der Waals surface area contributed by atoms with E-state index in [0.717, 1.165) is 30.6 Å². The third-order valence-electron chi connectivity index (χ3n) is 5.40. The second kappa shape index (κ2) is 8.44. The molecule has 0 unspecified atom stereocenters. The van der Waals surface area contributed by atoms with Crippen LogP contribution in [0.15, 0.2) is 53.4 Å². The number of piperidine rings is 1. The van der Waals surface area contributed by atoms with E-state index in [9.17, 15) is 8.42 Å². The molecular formula is C22H29NO3S. The maximum Gasteiger partial charge on any atom is 0.243 e. The van der Waals surface area contributed by atoms with Gasteiger partial charge in [-0.15, -0.1) is 0 Å². The molecule has 1 saturated heterocycles. The van der Waals surface area contributed by atoms with E-state index < -0.39 is 10.0 Å². The predicted octanol–water partition coefficient (Wildman–Crippen LogP) is 4.46. The molecule has 0 radical (unpaired) electrons. The molecule has 0 aromatic heterocycles. The number of nitrogens with zero attached hydrogens (tertiary/aromatic N) is 1. The van der Waals surface area contributed by atoms with Crippen molar-refractivity contribution < 1.29 is 13.2 Å². The standard InChI is InChI=1S/C22H29NO3S/c1-17(2)21-16-20(9-10-22(21)26-3)27(24,25)23-13-11-19(12-14-23)15-18-7-5-4-6-8-18/h4-10,16-17,19H,11-15H2,1-3H3. The lowest BCUT2D eigenvalue weighted by Gasteiger charge is -2.31. The molecule has 2 aromatic carbocycles. The van der Waals surface area contributed by atoms with E-state index in [1.165, 1.54) is 5.56 Å². The molecule has 0 bridgehead atoms. The highest BCUT2D eigenvalue weighted by Crippen LogP contribution is 2.31. The summed E-state index contributed by atoms with van der Waals surface area (Å²) in [5, 5.41) is 0. The fourth-order valence-electron chi connectivity index (χ4n) is 3.77. The summed E-state index contributed by atoms with van der Waals surface area (Å²) in [7, 11) is -1.84.